The lowest BCUT2D eigenvalue weighted by Crippen LogP contribution is -2.18. The van der Waals surface area contributed by atoms with Crippen LogP contribution >= 0.6 is 11.3 Å². The zero-order valence-electron chi connectivity index (χ0n) is 10.1. The molecule has 0 aromatic carbocycles. The van der Waals surface area contributed by atoms with Crippen LogP contribution in [0, 0.1) is 0 Å². The van der Waals surface area contributed by atoms with E-state index < -0.39 is 11.9 Å². The van der Waals surface area contributed by atoms with Crippen LogP contribution < -0.4 is 5.73 Å². The van der Waals surface area contributed by atoms with Gasteiger partial charge in [0.15, 0.2) is 5.13 Å². The first-order valence-electron chi connectivity index (χ1n) is 5.35. The van der Waals surface area contributed by atoms with Crippen molar-refractivity contribution in [3.8, 4) is 0 Å². The van der Waals surface area contributed by atoms with Crippen LogP contribution in [0.1, 0.15) is 19.5 Å². The number of carbonyl (C=O) groups excluding carboxylic acids is 2. The smallest absolute Gasteiger partial charge is 0.345 e. The molecule has 0 unspecified atom stereocenters. The van der Waals surface area contributed by atoms with Crippen molar-refractivity contribution in [2.24, 2.45) is 0 Å². The predicted molar refractivity (Wildman–Crippen MR) is 67.8 cm³/mol. The minimum atomic E-state index is -0.734. The van der Waals surface area contributed by atoms with E-state index in [1.54, 1.807) is 19.2 Å². The molecule has 0 amide bonds. The Kier molecular flexibility index (Phi) is 5.31. The molecule has 0 spiro atoms. The van der Waals surface area contributed by atoms with Crippen molar-refractivity contribution in [2.45, 2.75) is 13.8 Å². The van der Waals surface area contributed by atoms with Crippen molar-refractivity contribution in [2.75, 3.05) is 18.9 Å². The van der Waals surface area contributed by atoms with Crippen LogP contribution in [0.25, 0.3) is 6.08 Å². The lowest BCUT2D eigenvalue weighted by molar-refractivity contribution is -0.146. The largest absolute Gasteiger partial charge is 0.462 e. The Morgan fingerprint density at radius 1 is 1.33 bits per heavy atom. The van der Waals surface area contributed by atoms with Crippen molar-refractivity contribution < 1.29 is 19.1 Å². The Balaban J connectivity index is 2.99. The second-order valence-corrected chi connectivity index (χ2v) is 4.00. The number of esters is 2. The number of nitrogen functional groups attached to an aromatic ring is 1. The number of hydrogen-bond donors (Lipinski definition) is 1. The maximum absolute atomic E-state index is 11.6. The van der Waals surface area contributed by atoms with Crippen molar-refractivity contribution in [1.29, 1.82) is 0 Å². The first-order chi connectivity index (χ1) is 8.58. The maximum Gasteiger partial charge on any atom is 0.345 e. The predicted octanol–water partition coefficient (Wildman–Crippen LogP) is 1.23. The Bertz CT molecular complexity index is 447. The molecule has 0 aliphatic carbocycles. The van der Waals surface area contributed by atoms with Gasteiger partial charge in [-0.1, -0.05) is 0 Å². The summed E-state index contributed by atoms with van der Waals surface area (Å²) in [5.41, 5.74) is 5.70. The molecule has 1 rings (SSSR count). The molecule has 1 heterocycles. The highest BCUT2D eigenvalue weighted by atomic mass is 32.1. The standard InChI is InChI=1S/C11H14N2O4S/c1-3-16-9(14)8(10(15)17-4-2)5-7-6-18-11(12)13-7/h5-6H,3-4H2,1-2H3,(H2,12,13). The van der Waals surface area contributed by atoms with Gasteiger partial charge in [0.25, 0.3) is 0 Å². The van der Waals surface area contributed by atoms with Crippen molar-refractivity contribution in [3.05, 3.63) is 16.6 Å². The van der Waals surface area contributed by atoms with Gasteiger partial charge < -0.3 is 15.2 Å². The van der Waals surface area contributed by atoms with Crippen LogP contribution in [0.2, 0.25) is 0 Å². The summed E-state index contributed by atoms with van der Waals surface area (Å²) in [7, 11) is 0. The second-order valence-electron chi connectivity index (χ2n) is 3.11. The van der Waals surface area contributed by atoms with Crippen LogP contribution in [-0.2, 0) is 19.1 Å². The van der Waals surface area contributed by atoms with Crippen molar-refractivity contribution >= 4 is 34.5 Å². The number of thiazole rings is 1. The van der Waals surface area contributed by atoms with Crippen LogP contribution in [-0.4, -0.2) is 30.1 Å². The summed E-state index contributed by atoms with van der Waals surface area (Å²) < 4.78 is 9.57. The second kappa shape index (κ2) is 6.75. The third-order valence-electron chi connectivity index (χ3n) is 1.82. The van der Waals surface area contributed by atoms with Gasteiger partial charge in [-0.25, -0.2) is 14.6 Å². The number of nitrogens with two attached hydrogens (primary N) is 1. The lowest BCUT2D eigenvalue weighted by atomic mass is 10.2. The molecule has 0 aliphatic rings. The number of carbonyl (C=O) groups is 2. The van der Waals surface area contributed by atoms with Gasteiger partial charge in [0.2, 0.25) is 0 Å². The zero-order valence-corrected chi connectivity index (χ0v) is 11.0. The van der Waals surface area contributed by atoms with Gasteiger partial charge in [-0.05, 0) is 19.9 Å². The summed E-state index contributed by atoms with van der Waals surface area (Å²) in [6.07, 6.45) is 1.31. The molecule has 18 heavy (non-hydrogen) atoms. The molecule has 0 saturated carbocycles. The number of rotatable bonds is 5. The van der Waals surface area contributed by atoms with Gasteiger partial charge in [-0.15, -0.1) is 11.3 Å². The summed E-state index contributed by atoms with van der Waals surface area (Å²) in [5.74, 6) is -1.47. The van der Waals surface area contributed by atoms with E-state index in [0.717, 1.165) is 0 Å². The average molecular weight is 270 g/mol. The summed E-state index contributed by atoms with van der Waals surface area (Å²) in [4.78, 5) is 27.2. The van der Waals surface area contributed by atoms with E-state index in [-0.39, 0.29) is 18.8 Å². The third-order valence-corrected chi connectivity index (χ3v) is 2.51. The lowest BCUT2D eigenvalue weighted by Gasteiger charge is -2.05. The minimum absolute atomic E-state index is 0.175. The Morgan fingerprint density at radius 3 is 2.28 bits per heavy atom. The number of anilines is 1. The highest BCUT2D eigenvalue weighted by molar-refractivity contribution is 7.13. The number of aromatic nitrogens is 1. The van der Waals surface area contributed by atoms with E-state index in [1.165, 1.54) is 17.4 Å². The van der Waals surface area contributed by atoms with Gasteiger partial charge in [0, 0.05) is 5.38 Å². The number of hydrogen-bond acceptors (Lipinski definition) is 7. The molecule has 1 aromatic rings. The molecule has 6 nitrogen and oxygen atoms in total. The molecule has 2 N–H and O–H groups in total. The normalized spacial score (nSPS) is 9.67. The molecule has 0 radical (unpaired) electrons. The monoisotopic (exact) mass is 270 g/mol. The molecule has 0 bridgehead atoms. The van der Waals surface area contributed by atoms with Gasteiger partial charge >= 0.3 is 11.9 Å². The SMILES string of the molecule is CCOC(=O)C(=Cc1csc(N)n1)C(=O)OCC. The fourth-order valence-electron chi connectivity index (χ4n) is 1.13. The number of nitrogens with zero attached hydrogens (tertiary/aromatic N) is 1. The Labute approximate surface area is 108 Å². The van der Waals surface area contributed by atoms with E-state index in [2.05, 4.69) is 4.98 Å². The van der Waals surface area contributed by atoms with Gasteiger partial charge in [-0.3, -0.25) is 0 Å². The highest BCUT2D eigenvalue weighted by Crippen LogP contribution is 2.15. The molecule has 0 fully saturated rings. The van der Waals surface area contributed by atoms with E-state index in [4.69, 9.17) is 15.2 Å². The van der Waals surface area contributed by atoms with Gasteiger partial charge in [0.05, 0.1) is 18.9 Å². The summed E-state index contributed by atoms with van der Waals surface area (Å²) in [6, 6.07) is 0. The van der Waals surface area contributed by atoms with Crippen molar-refractivity contribution in [1.82, 2.24) is 4.98 Å². The Hall–Kier alpha value is -1.89. The van der Waals surface area contributed by atoms with Gasteiger partial charge in [-0.2, -0.15) is 0 Å². The first-order valence-corrected chi connectivity index (χ1v) is 6.23. The molecule has 98 valence electrons. The molecular formula is C11H14N2O4S. The average Bonchev–Trinajstić information content (AvgIpc) is 2.72. The first kappa shape index (κ1) is 14.2. The van der Waals surface area contributed by atoms with Crippen LogP contribution in [0.5, 0.6) is 0 Å². The van der Waals surface area contributed by atoms with E-state index >= 15 is 0 Å². The molecule has 0 saturated heterocycles. The van der Waals surface area contributed by atoms with Crippen molar-refractivity contribution in [3.63, 3.8) is 0 Å². The molecule has 0 atom stereocenters. The molecule has 0 aliphatic heterocycles. The summed E-state index contributed by atoms with van der Waals surface area (Å²) >= 11 is 1.21. The molecule has 7 heteroatoms. The fraction of sp³-hybridized carbons (Fsp3) is 0.364. The highest BCUT2D eigenvalue weighted by Gasteiger charge is 2.21. The van der Waals surface area contributed by atoms with Crippen LogP contribution in [0.4, 0.5) is 5.13 Å². The number of ether oxygens (including phenoxy) is 2. The quantitative estimate of drug-likeness (QED) is 0.374. The van der Waals surface area contributed by atoms with Crippen LogP contribution in [0.15, 0.2) is 11.0 Å². The Morgan fingerprint density at radius 2 is 1.89 bits per heavy atom. The molecular weight excluding hydrogens is 256 g/mol. The summed E-state index contributed by atoms with van der Waals surface area (Å²) in [5, 5.41) is 1.99. The van der Waals surface area contributed by atoms with Crippen LogP contribution in [0.3, 0.4) is 0 Å². The maximum atomic E-state index is 11.6. The summed E-state index contributed by atoms with van der Waals surface area (Å²) in [6.45, 7) is 3.66. The minimum Gasteiger partial charge on any atom is -0.462 e. The topological polar surface area (TPSA) is 91.5 Å². The van der Waals surface area contributed by atoms with E-state index in [1.807, 2.05) is 0 Å². The molecule has 1 aromatic heterocycles. The van der Waals surface area contributed by atoms with E-state index in [0.29, 0.717) is 10.8 Å². The fourth-order valence-corrected chi connectivity index (χ4v) is 1.65. The van der Waals surface area contributed by atoms with Gasteiger partial charge in [0.1, 0.15) is 5.57 Å². The third kappa shape index (κ3) is 3.85. The zero-order chi connectivity index (χ0) is 13.5. The van der Waals surface area contributed by atoms with E-state index in [9.17, 15) is 9.59 Å².